The fraction of sp³-hybridized carbons (Fsp3) is 0.467. The van der Waals surface area contributed by atoms with Crippen LogP contribution in [0.3, 0.4) is 0 Å². The van der Waals surface area contributed by atoms with E-state index >= 15 is 0 Å². The lowest BCUT2D eigenvalue weighted by Gasteiger charge is -2.43. The van der Waals surface area contributed by atoms with Gasteiger partial charge in [-0.3, -0.25) is 34.1 Å². The molecule has 5 heterocycles. The first-order chi connectivity index (χ1) is 20.1. The normalized spacial score (nSPS) is 23.6. The van der Waals surface area contributed by atoms with Crippen LogP contribution >= 0.6 is 0 Å². The van der Waals surface area contributed by atoms with Crippen LogP contribution in [-0.2, 0) is 20.8 Å². The van der Waals surface area contributed by atoms with Gasteiger partial charge in [0.2, 0.25) is 17.7 Å². The third kappa shape index (κ3) is 3.91. The van der Waals surface area contributed by atoms with Crippen LogP contribution in [0.25, 0.3) is 10.8 Å². The predicted octanol–water partition coefficient (Wildman–Crippen LogP) is 3.14. The second-order valence-electron chi connectivity index (χ2n) is 11.6. The van der Waals surface area contributed by atoms with Crippen LogP contribution in [0.2, 0.25) is 0 Å². The SMILES string of the molecule is [2H]C([2H])(c1cnn(C2CCN(C(=O)C3(C)CCC3)CC2)c1)c1cnc2c3c(cccc13)C(=O)N2C1CCC(=O)NC1=O. The van der Waals surface area contributed by atoms with Gasteiger partial charge in [-0.25, -0.2) is 4.98 Å². The summed E-state index contributed by atoms with van der Waals surface area (Å²) in [5, 5.41) is 7.86. The molecule has 3 fully saturated rings. The molecule has 1 unspecified atom stereocenters. The van der Waals surface area contributed by atoms with Crippen LogP contribution in [0.15, 0.2) is 36.8 Å². The van der Waals surface area contributed by atoms with Gasteiger partial charge in [0.15, 0.2) is 0 Å². The first kappa shape index (κ1) is 22.7. The average molecular weight is 543 g/mol. The number of benzene rings is 1. The van der Waals surface area contributed by atoms with Crippen LogP contribution < -0.4 is 10.2 Å². The van der Waals surface area contributed by atoms with Crippen molar-refractivity contribution in [1.82, 2.24) is 25.0 Å². The molecule has 1 atom stereocenters. The van der Waals surface area contributed by atoms with E-state index in [0.717, 1.165) is 32.1 Å². The van der Waals surface area contributed by atoms with Crippen molar-refractivity contribution in [2.75, 3.05) is 18.0 Å². The second kappa shape index (κ2) is 9.25. The lowest BCUT2D eigenvalue weighted by molar-refractivity contribution is -0.147. The lowest BCUT2D eigenvalue weighted by Crippen LogP contribution is -2.53. The molecule has 2 aromatic heterocycles. The van der Waals surface area contributed by atoms with Crippen molar-refractivity contribution in [3.63, 3.8) is 0 Å². The Morgan fingerprint density at radius 2 is 1.95 bits per heavy atom. The zero-order chi connectivity index (χ0) is 29.4. The lowest BCUT2D eigenvalue weighted by atomic mass is 9.69. The molecule has 0 spiro atoms. The van der Waals surface area contributed by atoms with E-state index < -0.39 is 18.3 Å². The molecular formula is C30H32N6O4. The Hall–Kier alpha value is -4.08. The highest BCUT2D eigenvalue weighted by molar-refractivity contribution is 6.26. The molecule has 1 N–H and O–H groups in total. The summed E-state index contributed by atoms with van der Waals surface area (Å²) in [7, 11) is 0. The number of nitrogens with one attached hydrogen (secondary N) is 1. The molecule has 3 aliphatic heterocycles. The molecule has 1 aliphatic carbocycles. The van der Waals surface area contributed by atoms with Gasteiger partial charge in [0.25, 0.3) is 5.91 Å². The van der Waals surface area contributed by atoms with Crippen LogP contribution in [0.5, 0.6) is 0 Å². The van der Waals surface area contributed by atoms with E-state index in [1.165, 1.54) is 17.3 Å². The Bertz CT molecular complexity index is 1660. The molecule has 0 bridgehead atoms. The van der Waals surface area contributed by atoms with Crippen molar-refractivity contribution in [1.29, 1.82) is 0 Å². The number of piperidine rings is 2. The largest absolute Gasteiger partial charge is 0.342 e. The summed E-state index contributed by atoms with van der Waals surface area (Å²) in [5.41, 5.74) is 0.815. The highest BCUT2D eigenvalue weighted by atomic mass is 16.2. The molecule has 1 aromatic carbocycles. The molecule has 10 nitrogen and oxygen atoms in total. The number of pyridine rings is 1. The number of rotatable bonds is 5. The van der Waals surface area contributed by atoms with Gasteiger partial charge in [0, 0.05) is 51.8 Å². The van der Waals surface area contributed by atoms with Gasteiger partial charge < -0.3 is 4.90 Å². The van der Waals surface area contributed by atoms with Crippen molar-refractivity contribution >= 4 is 40.2 Å². The number of aromatic nitrogens is 3. The number of imide groups is 1. The summed E-state index contributed by atoms with van der Waals surface area (Å²) in [6.07, 6.45) is 7.60. The molecule has 4 amide bonds. The van der Waals surface area contributed by atoms with Crippen LogP contribution in [-0.4, -0.2) is 62.4 Å². The van der Waals surface area contributed by atoms with E-state index in [0.29, 0.717) is 46.4 Å². The third-order valence-electron chi connectivity index (χ3n) is 9.07. The highest BCUT2D eigenvalue weighted by Crippen LogP contribution is 2.43. The molecule has 7 rings (SSSR count). The van der Waals surface area contributed by atoms with E-state index in [4.69, 9.17) is 2.74 Å². The maximum atomic E-state index is 13.4. The minimum atomic E-state index is -1.97. The molecule has 0 radical (unpaired) electrons. The first-order valence-corrected chi connectivity index (χ1v) is 14.0. The number of carbonyl (C=O) groups is 4. The summed E-state index contributed by atoms with van der Waals surface area (Å²) in [5.74, 6) is -0.753. The molecule has 10 heteroatoms. The number of hydrogen-bond donors (Lipinski definition) is 1. The van der Waals surface area contributed by atoms with Crippen molar-refractivity contribution in [3.8, 4) is 0 Å². The Morgan fingerprint density at radius 1 is 1.15 bits per heavy atom. The zero-order valence-corrected chi connectivity index (χ0v) is 22.4. The fourth-order valence-corrected chi connectivity index (χ4v) is 6.58. The Balaban J connectivity index is 1.15. The molecule has 3 aromatic rings. The molecular weight excluding hydrogens is 508 g/mol. The van der Waals surface area contributed by atoms with Gasteiger partial charge in [0.1, 0.15) is 11.9 Å². The number of anilines is 1. The van der Waals surface area contributed by atoms with Gasteiger partial charge in [-0.2, -0.15) is 5.10 Å². The summed E-state index contributed by atoms with van der Waals surface area (Å²) in [6.45, 7) is 3.39. The number of carbonyl (C=O) groups excluding carboxylic acids is 4. The predicted molar refractivity (Wildman–Crippen MR) is 147 cm³/mol. The van der Waals surface area contributed by atoms with Gasteiger partial charge in [-0.05, 0) is 54.7 Å². The van der Waals surface area contributed by atoms with Gasteiger partial charge in [-0.1, -0.05) is 25.5 Å². The highest BCUT2D eigenvalue weighted by Gasteiger charge is 2.43. The minimum absolute atomic E-state index is 0.0680. The molecule has 1 saturated carbocycles. The van der Waals surface area contributed by atoms with E-state index in [2.05, 4.69) is 22.3 Å². The van der Waals surface area contributed by atoms with E-state index in [-0.39, 0.29) is 42.0 Å². The fourth-order valence-electron chi connectivity index (χ4n) is 6.58. The van der Waals surface area contributed by atoms with Crippen LogP contribution in [0.4, 0.5) is 5.82 Å². The Morgan fingerprint density at radius 3 is 2.67 bits per heavy atom. The van der Waals surface area contributed by atoms with E-state index in [9.17, 15) is 19.2 Å². The maximum absolute atomic E-state index is 13.4. The second-order valence-corrected chi connectivity index (χ2v) is 11.6. The quantitative estimate of drug-likeness (QED) is 0.495. The first-order valence-electron chi connectivity index (χ1n) is 15.0. The van der Waals surface area contributed by atoms with E-state index in [1.54, 1.807) is 24.4 Å². The van der Waals surface area contributed by atoms with Gasteiger partial charge >= 0.3 is 0 Å². The summed E-state index contributed by atoms with van der Waals surface area (Å²) < 4.78 is 20.1. The third-order valence-corrected chi connectivity index (χ3v) is 9.07. The van der Waals surface area contributed by atoms with Crippen molar-refractivity contribution < 1.29 is 21.9 Å². The number of hydrogen-bond acceptors (Lipinski definition) is 6. The Labute approximate surface area is 234 Å². The summed E-state index contributed by atoms with van der Waals surface area (Å²) in [6, 6.07) is 4.32. The zero-order valence-electron chi connectivity index (χ0n) is 24.4. The van der Waals surface area contributed by atoms with Gasteiger partial charge in [-0.15, -0.1) is 0 Å². The standard InChI is InChI=1S/C30H32N6O4/c1-30(10-3-11-30)29(40)34-12-8-20(9-13-34)35-17-18(15-32-35)14-19-16-31-26-25-21(19)4-2-5-22(25)28(39)36(26)23-6-7-24(37)33-27(23)38/h2,4-5,15-17,20,23H,3,6-14H2,1H3,(H,33,37,38)/i14D2. The number of likely N-dealkylation sites (tertiary alicyclic amines) is 1. The van der Waals surface area contributed by atoms with E-state index in [1.807, 2.05) is 9.58 Å². The molecule has 206 valence electrons. The monoisotopic (exact) mass is 542 g/mol. The minimum Gasteiger partial charge on any atom is -0.342 e. The van der Waals surface area contributed by atoms with Crippen molar-refractivity contribution in [2.45, 2.75) is 70.3 Å². The van der Waals surface area contributed by atoms with Crippen LogP contribution in [0.1, 0.15) is 82.1 Å². The molecule has 4 aliphatic rings. The van der Waals surface area contributed by atoms with Gasteiger partial charge in [0.05, 0.1) is 17.8 Å². The smallest absolute Gasteiger partial charge is 0.260 e. The maximum Gasteiger partial charge on any atom is 0.260 e. The molecule has 2 saturated heterocycles. The van der Waals surface area contributed by atoms with Crippen molar-refractivity contribution in [3.05, 3.63) is 53.5 Å². The topological polar surface area (TPSA) is 118 Å². The summed E-state index contributed by atoms with van der Waals surface area (Å²) >= 11 is 0. The molecule has 40 heavy (non-hydrogen) atoms. The average Bonchev–Trinajstić information content (AvgIpc) is 3.57. The number of amides is 4. The van der Waals surface area contributed by atoms with Crippen LogP contribution in [0, 0.1) is 5.41 Å². The summed E-state index contributed by atoms with van der Waals surface area (Å²) in [4.78, 5) is 58.5. The Kier molecular flexibility index (Phi) is 5.25. The van der Waals surface area contributed by atoms with Crippen molar-refractivity contribution in [2.24, 2.45) is 5.41 Å². The number of nitrogens with zero attached hydrogens (tertiary/aromatic N) is 5.